The van der Waals surface area contributed by atoms with E-state index in [1.807, 2.05) is 12.1 Å². The highest BCUT2D eigenvalue weighted by molar-refractivity contribution is 8.16. The quantitative estimate of drug-likeness (QED) is 0.602. The van der Waals surface area contributed by atoms with E-state index in [1.165, 1.54) is 0 Å². The molecule has 0 bridgehead atoms. The van der Waals surface area contributed by atoms with Gasteiger partial charge in [-0.3, -0.25) is 5.43 Å². The predicted molar refractivity (Wildman–Crippen MR) is 109 cm³/mol. The van der Waals surface area contributed by atoms with Gasteiger partial charge in [0.25, 0.3) is 0 Å². The molecule has 0 aliphatic carbocycles. The summed E-state index contributed by atoms with van der Waals surface area (Å²) in [5.41, 5.74) is 4.38. The van der Waals surface area contributed by atoms with Crippen molar-refractivity contribution in [3.05, 3.63) is 69.7 Å². The fourth-order valence-electron chi connectivity index (χ4n) is 2.18. The average Bonchev–Trinajstić information content (AvgIpc) is 2.70. The lowest BCUT2D eigenvalue weighted by Crippen LogP contribution is -2.38. The standard InChI is InChI=1S/C18H10Cl2N6S/c19-14-5-1-12(2-6-14)9-23-25-17-26-24-16(18(10-21,11-22)27-17)13-3-7-15(20)8-4-13/h1-9H,(H,25,26)/b23-9+. The number of halogens is 2. The van der Waals surface area contributed by atoms with Gasteiger partial charge in [0.05, 0.1) is 6.21 Å². The fourth-order valence-corrected chi connectivity index (χ4v) is 3.25. The van der Waals surface area contributed by atoms with Crippen LogP contribution < -0.4 is 5.43 Å². The molecule has 3 rings (SSSR count). The molecule has 0 atom stereocenters. The van der Waals surface area contributed by atoms with Gasteiger partial charge in [0.15, 0.2) is 0 Å². The van der Waals surface area contributed by atoms with Gasteiger partial charge in [-0.25, -0.2) is 0 Å². The van der Waals surface area contributed by atoms with Gasteiger partial charge in [-0.05, 0) is 41.6 Å². The van der Waals surface area contributed by atoms with E-state index in [4.69, 9.17) is 23.2 Å². The number of amidine groups is 1. The summed E-state index contributed by atoms with van der Waals surface area (Å²) in [6, 6.07) is 17.9. The van der Waals surface area contributed by atoms with Crippen molar-refractivity contribution in [2.75, 3.05) is 0 Å². The Kier molecular flexibility index (Phi) is 5.78. The second-order valence-electron chi connectivity index (χ2n) is 5.29. The summed E-state index contributed by atoms with van der Waals surface area (Å²) in [7, 11) is 0. The zero-order valence-electron chi connectivity index (χ0n) is 13.6. The van der Waals surface area contributed by atoms with Crippen LogP contribution in [0.4, 0.5) is 0 Å². The fraction of sp³-hybridized carbons (Fsp3) is 0.0556. The summed E-state index contributed by atoms with van der Waals surface area (Å²) >= 11 is 12.7. The van der Waals surface area contributed by atoms with E-state index in [0.29, 0.717) is 15.6 Å². The molecule has 2 aromatic rings. The SMILES string of the molecule is N#CC1(C#N)SC(N/N=C/c2ccc(Cl)cc2)=NN=C1c1ccc(Cl)cc1. The molecular formula is C18H10Cl2N6S. The van der Waals surface area contributed by atoms with Gasteiger partial charge < -0.3 is 0 Å². The van der Waals surface area contributed by atoms with Gasteiger partial charge in [-0.1, -0.05) is 47.5 Å². The molecule has 0 unspecified atom stereocenters. The van der Waals surface area contributed by atoms with Crippen molar-refractivity contribution in [2.45, 2.75) is 4.75 Å². The minimum absolute atomic E-state index is 0.237. The number of nitriles is 2. The maximum atomic E-state index is 9.64. The molecule has 0 radical (unpaired) electrons. The van der Waals surface area contributed by atoms with E-state index in [1.54, 1.807) is 54.7 Å². The average molecular weight is 413 g/mol. The van der Waals surface area contributed by atoms with Gasteiger partial charge in [0, 0.05) is 15.6 Å². The van der Waals surface area contributed by atoms with Crippen LogP contribution in [0.1, 0.15) is 11.1 Å². The second kappa shape index (κ2) is 8.24. The molecule has 0 amide bonds. The molecule has 0 spiro atoms. The van der Waals surface area contributed by atoms with Crippen molar-refractivity contribution in [2.24, 2.45) is 15.3 Å². The van der Waals surface area contributed by atoms with E-state index in [9.17, 15) is 10.5 Å². The Bertz CT molecular complexity index is 1000. The largest absolute Gasteiger partial charge is 0.254 e. The van der Waals surface area contributed by atoms with Crippen molar-refractivity contribution in [1.29, 1.82) is 10.5 Å². The van der Waals surface area contributed by atoms with Gasteiger partial charge >= 0.3 is 0 Å². The van der Waals surface area contributed by atoms with E-state index in [2.05, 4.69) is 20.7 Å². The van der Waals surface area contributed by atoms with Crippen LogP contribution in [0.5, 0.6) is 0 Å². The van der Waals surface area contributed by atoms with Gasteiger partial charge in [0.2, 0.25) is 9.91 Å². The van der Waals surface area contributed by atoms with Crippen LogP contribution in [0.25, 0.3) is 0 Å². The molecule has 1 aliphatic heterocycles. The molecule has 2 aromatic carbocycles. The monoisotopic (exact) mass is 412 g/mol. The van der Waals surface area contributed by atoms with E-state index in [0.717, 1.165) is 17.3 Å². The summed E-state index contributed by atoms with van der Waals surface area (Å²) in [6.45, 7) is 0. The lowest BCUT2D eigenvalue weighted by Gasteiger charge is -2.23. The minimum Gasteiger partial charge on any atom is -0.254 e. The number of hydrogen-bond acceptors (Lipinski definition) is 7. The van der Waals surface area contributed by atoms with Crippen molar-refractivity contribution >= 4 is 52.1 Å². The topological polar surface area (TPSA) is 96.7 Å². The number of benzene rings is 2. The Morgan fingerprint density at radius 3 is 2.15 bits per heavy atom. The van der Waals surface area contributed by atoms with Crippen LogP contribution in [0.2, 0.25) is 10.0 Å². The van der Waals surface area contributed by atoms with Crippen LogP contribution >= 0.6 is 35.0 Å². The summed E-state index contributed by atoms with van der Waals surface area (Å²) < 4.78 is -1.55. The van der Waals surface area contributed by atoms with E-state index < -0.39 is 4.75 Å². The molecule has 1 N–H and O–H groups in total. The van der Waals surface area contributed by atoms with E-state index in [-0.39, 0.29) is 10.9 Å². The smallest absolute Gasteiger partial charge is 0.240 e. The molecular weight excluding hydrogens is 403 g/mol. The molecule has 132 valence electrons. The van der Waals surface area contributed by atoms with Crippen LogP contribution in [0, 0.1) is 22.7 Å². The first-order chi connectivity index (χ1) is 13.1. The molecule has 1 aliphatic rings. The lowest BCUT2D eigenvalue weighted by molar-refractivity contribution is 1.02. The Morgan fingerprint density at radius 1 is 0.963 bits per heavy atom. The Hall–Kier alpha value is -2.84. The van der Waals surface area contributed by atoms with Gasteiger partial charge in [-0.2, -0.15) is 15.6 Å². The predicted octanol–water partition coefficient (Wildman–Crippen LogP) is 4.21. The first kappa shape index (κ1) is 18.9. The zero-order valence-corrected chi connectivity index (χ0v) is 15.9. The Balaban J connectivity index is 1.84. The molecule has 0 saturated heterocycles. The minimum atomic E-state index is -1.55. The third kappa shape index (κ3) is 4.29. The molecule has 1 heterocycles. The van der Waals surface area contributed by atoms with E-state index >= 15 is 0 Å². The molecule has 9 heteroatoms. The number of nitrogens with one attached hydrogen (secondary N) is 1. The zero-order chi connectivity index (χ0) is 19.3. The maximum Gasteiger partial charge on any atom is 0.240 e. The third-order valence-electron chi connectivity index (χ3n) is 3.50. The Labute approximate surface area is 169 Å². The molecule has 0 aromatic heterocycles. The highest BCUT2D eigenvalue weighted by Gasteiger charge is 2.43. The first-order valence-corrected chi connectivity index (χ1v) is 9.12. The molecule has 27 heavy (non-hydrogen) atoms. The van der Waals surface area contributed by atoms with Gasteiger partial charge in [-0.15, -0.1) is 10.2 Å². The highest BCUT2D eigenvalue weighted by atomic mass is 35.5. The van der Waals surface area contributed by atoms with Crippen LogP contribution in [-0.2, 0) is 0 Å². The van der Waals surface area contributed by atoms with Crippen molar-refractivity contribution in [3.63, 3.8) is 0 Å². The number of hydrazone groups is 1. The highest BCUT2D eigenvalue weighted by Crippen LogP contribution is 2.33. The van der Waals surface area contributed by atoms with Crippen LogP contribution in [0.3, 0.4) is 0 Å². The number of hydrogen-bond donors (Lipinski definition) is 1. The van der Waals surface area contributed by atoms with Crippen molar-refractivity contribution < 1.29 is 0 Å². The third-order valence-corrected chi connectivity index (χ3v) is 5.05. The van der Waals surface area contributed by atoms with Crippen molar-refractivity contribution in [1.82, 2.24) is 5.43 Å². The Morgan fingerprint density at radius 2 is 1.56 bits per heavy atom. The summed E-state index contributed by atoms with van der Waals surface area (Å²) in [6.07, 6.45) is 1.57. The second-order valence-corrected chi connectivity index (χ2v) is 7.37. The normalized spacial score (nSPS) is 15.4. The molecule has 0 saturated carbocycles. The molecule has 0 fully saturated rings. The lowest BCUT2D eigenvalue weighted by atomic mass is 9.98. The summed E-state index contributed by atoms with van der Waals surface area (Å²) in [4.78, 5) is 0. The first-order valence-electron chi connectivity index (χ1n) is 7.54. The van der Waals surface area contributed by atoms with Crippen LogP contribution in [0.15, 0.2) is 63.8 Å². The summed E-state index contributed by atoms with van der Waals surface area (Å²) in [5.74, 6) is 0. The summed E-state index contributed by atoms with van der Waals surface area (Å²) in [5, 5.41) is 32.9. The maximum absolute atomic E-state index is 9.64. The molecule has 6 nitrogen and oxygen atoms in total. The van der Waals surface area contributed by atoms with Crippen molar-refractivity contribution in [3.8, 4) is 12.1 Å². The number of thioether (sulfide) groups is 1. The van der Waals surface area contributed by atoms with Crippen LogP contribution in [-0.4, -0.2) is 21.8 Å². The number of nitrogens with zero attached hydrogens (tertiary/aromatic N) is 5. The number of rotatable bonds is 3. The van der Waals surface area contributed by atoms with Gasteiger partial charge in [0.1, 0.15) is 17.9 Å².